The lowest BCUT2D eigenvalue weighted by Crippen LogP contribution is -2.31. The van der Waals surface area contributed by atoms with Crippen molar-refractivity contribution in [1.29, 1.82) is 0 Å². The van der Waals surface area contributed by atoms with Gasteiger partial charge < -0.3 is 4.90 Å². The maximum Gasteiger partial charge on any atom is 0.260 e. The number of benzene rings is 2. The molecule has 1 atom stereocenters. The van der Waals surface area contributed by atoms with E-state index < -0.39 is 11.7 Å². The minimum atomic E-state index is -0.588. The van der Waals surface area contributed by atoms with Crippen molar-refractivity contribution in [3.8, 4) is 0 Å². The molecule has 154 valence electrons. The molecule has 1 aliphatic rings. The molecule has 0 radical (unpaired) electrons. The zero-order valence-corrected chi connectivity index (χ0v) is 18.4. The summed E-state index contributed by atoms with van der Waals surface area (Å²) in [6.07, 6.45) is 2.07. The standard InChI is InChI=1S/C22H19BrFN3O2S/c23-15-9-7-14(8-10-15)19-6-3-11-27(19)20(28)12-16-13-30-22(25-16)26-21(29)17-4-1-2-5-18(17)24/h1-2,4-5,7-10,13,19H,3,6,11-12H2,(H,25,26,29). The lowest BCUT2D eigenvalue weighted by Gasteiger charge is -2.25. The van der Waals surface area contributed by atoms with Crippen LogP contribution in [-0.2, 0) is 11.2 Å². The Kier molecular flexibility index (Phi) is 6.24. The molecule has 0 saturated carbocycles. The van der Waals surface area contributed by atoms with E-state index in [0.717, 1.165) is 29.4 Å². The number of nitrogens with one attached hydrogen (secondary N) is 1. The molecule has 1 N–H and O–H groups in total. The lowest BCUT2D eigenvalue weighted by molar-refractivity contribution is -0.131. The molecule has 1 aliphatic heterocycles. The van der Waals surface area contributed by atoms with Crippen molar-refractivity contribution in [3.05, 3.63) is 81.0 Å². The van der Waals surface area contributed by atoms with Gasteiger partial charge in [-0.3, -0.25) is 14.9 Å². The molecule has 0 aliphatic carbocycles. The Labute approximate surface area is 186 Å². The van der Waals surface area contributed by atoms with Crippen molar-refractivity contribution >= 4 is 44.2 Å². The summed E-state index contributed by atoms with van der Waals surface area (Å²) < 4.78 is 14.8. The first-order valence-electron chi connectivity index (χ1n) is 9.56. The van der Waals surface area contributed by atoms with Gasteiger partial charge >= 0.3 is 0 Å². The number of likely N-dealkylation sites (tertiary alicyclic amines) is 1. The molecule has 1 aromatic heterocycles. The minimum Gasteiger partial charge on any atom is -0.335 e. The Hall–Kier alpha value is -2.58. The molecule has 1 saturated heterocycles. The van der Waals surface area contributed by atoms with Crippen molar-refractivity contribution in [2.24, 2.45) is 0 Å². The zero-order valence-electron chi connectivity index (χ0n) is 16.0. The number of aromatic nitrogens is 1. The van der Waals surface area contributed by atoms with Crippen LogP contribution in [0.5, 0.6) is 0 Å². The average Bonchev–Trinajstić information content (AvgIpc) is 3.38. The van der Waals surface area contributed by atoms with Crippen molar-refractivity contribution in [2.45, 2.75) is 25.3 Å². The van der Waals surface area contributed by atoms with E-state index in [4.69, 9.17) is 0 Å². The maximum absolute atomic E-state index is 13.8. The van der Waals surface area contributed by atoms with E-state index in [1.807, 2.05) is 29.2 Å². The molecule has 1 fully saturated rings. The maximum atomic E-state index is 13.8. The fraction of sp³-hybridized carbons (Fsp3) is 0.227. The van der Waals surface area contributed by atoms with Crippen LogP contribution >= 0.6 is 27.3 Å². The topological polar surface area (TPSA) is 62.3 Å². The Bertz CT molecular complexity index is 1070. The van der Waals surface area contributed by atoms with Gasteiger partial charge in [-0.25, -0.2) is 9.37 Å². The number of halogens is 2. The van der Waals surface area contributed by atoms with Gasteiger partial charge in [0.1, 0.15) is 5.82 Å². The molecule has 2 heterocycles. The first-order chi connectivity index (χ1) is 14.5. The van der Waals surface area contributed by atoms with Gasteiger partial charge in [-0.05, 0) is 42.7 Å². The first-order valence-corrected chi connectivity index (χ1v) is 11.2. The van der Waals surface area contributed by atoms with Crippen LogP contribution in [0, 0.1) is 5.82 Å². The van der Waals surface area contributed by atoms with Crippen LogP contribution in [0.3, 0.4) is 0 Å². The normalized spacial score (nSPS) is 15.9. The number of carbonyl (C=O) groups is 2. The lowest BCUT2D eigenvalue weighted by atomic mass is 10.0. The van der Waals surface area contributed by atoms with Crippen LogP contribution in [0.25, 0.3) is 0 Å². The van der Waals surface area contributed by atoms with Crippen LogP contribution in [0.1, 0.15) is 40.5 Å². The highest BCUT2D eigenvalue weighted by Crippen LogP contribution is 2.33. The molecule has 3 aromatic rings. The fourth-order valence-electron chi connectivity index (χ4n) is 3.61. The predicted molar refractivity (Wildman–Crippen MR) is 118 cm³/mol. The molecule has 2 amide bonds. The van der Waals surface area contributed by atoms with Gasteiger partial charge in [0, 0.05) is 16.4 Å². The van der Waals surface area contributed by atoms with Crippen LogP contribution in [-0.4, -0.2) is 28.2 Å². The van der Waals surface area contributed by atoms with E-state index in [2.05, 4.69) is 26.2 Å². The smallest absolute Gasteiger partial charge is 0.260 e. The predicted octanol–water partition coefficient (Wildman–Crippen LogP) is 5.20. The van der Waals surface area contributed by atoms with Crippen molar-refractivity contribution in [1.82, 2.24) is 9.88 Å². The Morgan fingerprint density at radius 3 is 2.73 bits per heavy atom. The Morgan fingerprint density at radius 2 is 1.97 bits per heavy atom. The summed E-state index contributed by atoms with van der Waals surface area (Å²) in [7, 11) is 0. The Balaban J connectivity index is 1.40. The number of amides is 2. The summed E-state index contributed by atoms with van der Waals surface area (Å²) in [6.45, 7) is 0.723. The highest BCUT2D eigenvalue weighted by atomic mass is 79.9. The quantitative estimate of drug-likeness (QED) is 0.537. The second-order valence-corrected chi connectivity index (χ2v) is 8.83. The third-order valence-corrected chi connectivity index (χ3v) is 6.39. The van der Waals surface area contributed by atoms with E-state index in [0.29, 0.717) is 10.8 Å². The number of rotatable bonds is 5. The van der Waals surface area contributed by atoms with E-state index in [-0.39, 0.29) is 23.9 Å². The molecule has 5 nitrogen and oxygen atoms in total. The van der Waals surface area contributed by atoms with E-state index in [1.165, 1.54) is 29.5 Å². The molecule has 30 heavy (non-hydrogen) atoms. The van der Waals surface area contributed by atoms with Crippen LogP contribution in [0.2, 0.25) is 0 Å². The van der Waals surface area contributed by atoms with Gasteiger partial charge in [0.15, 0.2) is 5.13 Å². The van der Waals surface area contributed by atoms with Crippen molar-refractivity contribution in [2.75, 3.05) is 11.9 Å². The highest BCUT2D eigenvalue weighted by Gasteiger charge is 2.30. The summed E-state index contributed by atoms with van der Waals surface area (Å²) in [5.74, 6) is -1.14. The van der Waals surface area contributed by atoms with Gasteiger partial charge in [-0.2, -0.15) is 0 Å². The third-order valence-electron chi connectivity index (χ3n) is 5.05. The molecular weight excluding hydrogens is 469 g/mol. The molecule has 0 bridgehead atoms. The number of thiazole rings is 1. The molecule has 4 rings (SSSR count). The van der Waals surface area contributed by atoms with Gasteiger partial charge in [0.25, 0.3) is 5.91 Å². The van der Waals surface area contributed by atoms with Gasteiger partial charge in [0.2, 0.25) is 5.91 Å². The fourth-order valence-corrected chi connectivity index (χ4v) is 4.58. The van der Waals surface area contributed by atoms with E-state index in [1.54, 1.807) is 11.4 Å². The molecule has 8 heteroatoms. The van der Waals surface area contributed by atoms with Gasteiger partial charge in [-0.1, -0.05) is 40.2 Å². The van der Waals surface area contributed by atoms with Crippen molar-refractivity contribution in [3.63, 3.8) is 0 Å². The number of hydrogen-bond acceptors (Lipinski definition) is 4. The largest absolute Gasteiger partial charge is 0.335 e. The van der Waals surface area contributed by atoms with Crippen LogP contribution in [0.15, 0.2) is 58.4 Å². The zero-order chi connectivity index (χ0) is 21.1. The summed E-state index contributed by atoms with van der Waals surface area (Å²) in [6, 6.07) is 13.9. The summed E-state index contributed by atoms with van der Waals surface area (Å²) in [5.41, 5.74) is 1.68. The number of hydrogen-bond donors (Lipinski definition) is 1. The van der Waals surface area contributed by atoms with Crippen molar-refractivity contribution < 1.29 is 14.0 Å². The first kappa shape index (κ1) is 20.7. The second-order valence-electron chi connectivity index (χ2n) is 7.05. The molecular formula is C22H19BrFN3O2S. The number of carbonyl (C=O) groups excluding carboxylic acids is 2. The molecule has 1 unspecified atom stereocenters. The minimum absolute atomic E-state index is 0.0118. The summed E-state index contributed by atoms with van der Waals surface area (Å²) in [4.78, 5) is 31.4. The number of nitrogens with zero attached hydrogens (tertiary/aromatic N) is 2. The highest BCUT2D eigenvalue weighted by molar-refractivity contribution is 9.10. The third kappa shape index (κ3) is 4.60. The van der Waals surface area contributed by atoms with Gasteiger partial charge in [0.05, 0.1) is 23.7 Å². The van der Waals surface area contributed by atoms with Gasteiger partial charge in [-0.15, -0.1) is 11.3 Å². The SMILES string of the molecule is O=C(Nc1nc(CC(=O)N2CCCC2c2ccc(Br)cc2)cs1)c1ccccc1F. The summed E-state index contributed by atoms with van der Waals surface area (Å²) in [5, 5.41) is 4.70. The Morgan fingerprint density at radius 1 is 1.20 bits per heavy atom. The monoisotopic (exact) mass is 487 g/mol. The van der Waals surface area contributed by atoms with E-state index >= 15 is 0 Å². The van der Waals surface area contributed by atoms with Crippen LogP contribution in [0.4, 0.5) is 9.52 Å². The number of anilines is 1. The second kappa shape index (κ2) is 9.06. The van der Waals surface area contributed by atoms with Crippen LogP contribution < -0.4 is 5.32 Å². The average molecular weight is 488 g/mol. The summed E-state index contributed by atoms with van der Waals surface area (Å²) >= 11 is 4.66. The van der Waals surface area contributed by atoms with E-state index in [9.17, 15) is 14.0 Å². The molecule has 0 spiro atoms. The molecule has 2 aromatic carbocycles.